The number of phosphoric acid groups is 2. The largest absolute Gasteiger partial charge is 0.472 e. The lowest BCUT2D eigenvalue weighted by atomic mass is 10.1. The van der Waals surface area contributed by atoms with Crippen molar-refractivity contribution in [3.8, 4) is 0 Å². The molecule has 534 valence electrons. The Bertz CT molecular complexity index is 2040. The van der Waals surface area contributed by atoms with E-state index in [-0.39, 0.29) is 25.7 Å². The Balaban J connectivity index is 5.32. The second-order valence-corrected chi connectivity index (χ2v) is 27.1. The molecule has 0 heterocycles. The fraction of sp³-hybridized carbons (Fsp3) is 0.781. The molecule has 0 aromatic heterocycles. The molecule has 0 radical (unpaired) electrons. The second-order valence-electron chi connectivity index (χ2n) is 24.2. The average molecular weight is 1340 g/mol. The highest BCUT2D eigenvalue weighted by molar-refractivity contribution is 7.47. The second kappa shape index (κ2) is 66.1. The van der Waals surface area contributed by atoms with Crippen LogP contribution in [0.2, 0.25) is 0 Å². The van der Waals surface area contributed by atoms with Crippen LogP contribution in [0.15, 0.2) is 72.9 Å². The SMILES string of the molecule is CC/C=C\C/C=C\C/C=C\C/C=C\CCCCC(=O)OCC(COP(=O)(O)OCC(O)COP(=O)(O)OCC(COC(=O)CCCCCCC/C=C\CCCCCCCC)OC(=O)CCCCCCC/C=C\CCCC)OC(=O)CCCCCCCCCCCCC. The zero-order chi connectivity index (χ0) is 67.5. The van der Waals surface area contributed by atoms with Gasteiger partial charge in [-0.25, -0.2) is 9.13 Å². The van der Waals surface area contributed by atoms with E-state index < -0.39 is 97.5 Å². The number of ether oxygens (including phenoxy) is 4. The first-order chi connectivity index (χ1) is 44.7. The summed E-state index contributed by atoms with van der Waals surface area (Å²) in [7, 11) is -9.94. The summed E-state index contributed by atoms with van der Waals surface area (Å²) in [5.41, 5.74) is 0. The summed E-state index contributed by atoms with van der Waals surface area (Å²) < 4.78 is 68.2. The lowest BCUT2D eigenvalue weighted by Gasteiger charge is -2.21. The van der Waals surface area contributed by atoms with E-state index >= 15 is 0 Å². The molecule has 0 fully saturated rings. The van der Waals surface area contributed by atoms with Crippen LogP contribution in [-0.4, -0.2) is 96.7 Å². The Labute approximate surface area is 558 Å². The Kier molecular flexibility index (Phi) is 63.6. The third kappa shape index (κ3) is 65.2. The first-order valence-corrected chi connectivity index (χ1v) is 39.2. The van der Waals surface area contributed by atoms with Crippen molar-refractivity contribution in [1.29, 1.82) is 0 Å². The van der Waals surface area contributed by atoms with Gasteiger partial charge in [-0.2, -0.15) is 0 Å². The fourth-order valence-corrected chi connectivity index (χ4v) is 11.2. The third-order valence-corrected chi connectivity index (χ3v) is 17.1. The molecule has 5 unspecified atom stereocenters. The molecule has 0 saturated heterocycles. The van der Waals surface area contributed by atoms with Gasteiger partial charge in [-0.1, -0.05) is 248 Å². The smallest absolute Gasteiger partial charge is 0.462 e. The predicted octanol–water partition coefficient (Wildman–Crippen LogP) is 20.1. The molecule has 0 aromatic carbocycles. The lowest BCUT2D eigenvalue weighted by molar-refractivity contribution is -0.161. The fourth-order valence-electron chi connectivity index (χ4n) is 9.60. The highest BCUT2D eigenvalue weighted by Crippen LogP contribution is 2.45. The Hall–Kier alpha value is -3.50. The summed E-state index contributed by atoms with van der Waals surface area (Å²) >= 11 is 0. The van der Waals surface area contributed by atoms with E-state index in [9.17, 15) is 43.2 Å². The minimum absolute atomic E-state index is 0.0849. The van der Waals surface area contributed by atoms with Gasteiger partial charge in [0, 0.05) is 25.7 Å². The molecule has 0 aliphatic rings. The molecule has 5 atom stereocenters. The van der Waals surface area contributed by atoms with Gasteiger partial charge in [-0.15, -0.1) is 0 Å². The number of carbonyl (C=O) groups excluding carboxylic acids is 4. The van der Waals surface area contributed by atoms with E-state index in [1.165, 1.54) is 89.9 Å². The summed E-state index contributed by atoms with van der Waals surface area (Å²) in [6.07, 6.45) is 63.5. The molecule has 0 aliphatic heterocycles. The monoisotopic (exact) mass is 1340 g/mol. The van der Waals surface area contributed by atoms with Crippen LogP contribution in [-0.2, 0) is 65.4 Å². The molecule has 0 amide bonds. The quantitative estimate of drug-likeness (QED) is 0.0169. The maximum Gasteiger partial charge on any atom is 0.472 e. The molecule has 92 heavy (non-hydrogen) atoms. The van der Waals surface area contributed by atoms with Crippen molar-refractivity contribution in [3.05, 3.63) is 72.9 Å². The maximum absolute atomic E-state index is 13.0. The lowest BCUT2D eigenvalue weighted by Crippen LogP contribution is -2.30. The minimum Gasteiger partial charge on any atom is -0.462 e. The van der Waals surface area contributed by atoms with Crippen LogP contribution in [0.1, 0.15) is 310 Å². The number of hydrogen-bond acceptors (Lipinski definition) is 15. The molecule has 17 nitrogen and oxygen atoms in total. The maximum atomic E-state index is 13.0. The van der Waals surface area contributed by atoms with Crippen molar-refractivity contribution in [1.82, 2.24) is 0 Å². The third-order valence-electron chi connectivity index (χ3n) is 15.2. The van der Waals surface area contributed by atoms with Crippen molar-refractivity contribution in [2.75, 3.05) is 39.6 Å². The Morgan fingerprint density at radius 2 is 0.576 bits per heavy atom. The molecular weight excluding hydrogens is 1210 g/mol. The number of aliphatic hydroxyl groups is 1. The normalized spacial score (nSPS) is 14.5. The Morgan fingerprint density at radius 3 is 0.935 bits per heavy atom. The van der Waals surface area contributed by atoms with E-state index in [2.05, 4.69) is 101 Å². The first kappa shape index (κ1) is 88.5. The van der Waals surface area contributed by atoms with Gasteiger partial charge in [0.25, 0.3) is 0 Å². The zero-order valence-corrected chi connectivity index (χ0v) is 59.8. The average Bonchev–Trinajstić information content (AvgIpc) is 2.55. The van der Waals surface area contributed by atoms with Gasteiger partial charge >= 0.3 is 39.5 Å². The minimum atomic E-state index is -4.97. The number of rotatable bonds is 68. The van der Waals surface area contributed by atoms with E-state index in [1.807, 2.05) is 0 Å². The van der Waals surface area contributed by atoms with Gasteiger partial charge in [0.2, 0.25) is 0 Å². The zero-order valence-electron chi connectivity index (χ0n) is 58.0. The molecule has 0 rings (SSSR count). The number of esters is 4. The van der Waals surface area contributed by atoms with Crippen LogP contribution < -0.4 is 0 Å². The summed E-state index contributed by atoms with van der Waals surface area (Å²) in [6.45, 7) is 4.65. The molecular formula is C73H130O17P2. The summed E-state index contributed by atoms with van der Waals surface area (Å²) in [6, 6.07) is 0. The van der Waals surface area contributed by atoms with Gasteiger partial charge in [0.1, 0.15) is 19.3 Å². The molecule has 3 N–H and O–H groups in total. The summed E-state index contributed by atoms with van der Waals surface area (Å²) in [5, 5.41) is 10.6. The van der Waals surface area contributed by atoms with Crippen LogP contribution in [0.4, 0.5) is 0 Å². The number of carbonyl (C=O) groups is 4. The van der Waals surface area contributed by atoms with E-state index in [0.717, 1.165) is 141 Å². The highest BCUT2D eigenvalue weighted by Gasteiger charge is 2.30. The highest BCUT2D eigenvalue weighted by atomic mass is 31.2. The van der Waals surface area contributed by atoms with Gasteiger partial charge in [0.05, 0.1) is 26.4 Å². The molecule has 0 spiro atoms. The number of unbranched alkanes of at least 4 members (excludes halogenated alkanes) is 30. The summed E-state index contributed by atoms with van der Waals surface area (Å²) in [4.78, 5) is 72.5. The van der Waals surface area contributed by atoms with Crippen LogP contribution in [0, 0.1) is 0 Å². The van der Waals surface area contributed by atoms with E-state index in [0.29, 0.717) is 25.7 Å². The van der Waals surface area contributed by atoms with Crippen molar-refractivity contribution in [3.63, 3.8) is 0 Å². The number of aliphatic hydroxyl groups excluding tert-OH is 1. The van der Waals surface area contributed by atoms with Crippen molar-refractivity contribution < 1.29 is 80.2 Å². The van der Waals surface area contributed by atoms with Crippen molar-refractivity contribution >= 4 is 39.5 Å². The first-order valence-electron chi connectivity index (χ1n) is 36.2. The van der Waals surface area contributed by atoms with Gasteiger partial charge in [-0.3, -0.25) is 37.3 Å². The number of hydrogen-bond donors (Lipinski definition) is 3. The van der Waals surface area contributed by atoms with Gasteiger partial charge < -0.3 is 33.8 Å². The van der Waals surface area contributed by atoms with Crippen LogP contribution >= 0.6 is 15.6 Å². The van der Waals surface area contributed by atoms with Crippen molar-refractivity contribution in [2.45, 2.75) is 329 Å². The molecule has 0 saturated carbocycles. The van der Waals surface area contributed by atoms with Crippen LogP contribution in [0.3, 0.4) is 0 Å². The molecule has 19 heteroatoms. The molecule has 0 bridgehead atoms. The Morgan fingerprint density at radius 1 is 0.315 bits per heavy atom. The number of phosphoric ester groups is 2. The molecule has 0 aliphatic carbocycles. The van der Waals surface area contributed by atoms with E-state index in [1.54, 1.807) is 0 Å². The van der Waals surface area contributed by atoms with Gasteiger partial charge in [-0.05, 0) is 109 Å². The summed E-state index contributed by atoms with van der Waals surface area (Å²) in [5.74, 6) is -2.22. The van der Waals surface area contributed by atoms with Crippen molar-refractivity contribution in [2.24, 2.45) is 0 Å². The number of allylic oxidation sites excluding steroid dienone is 12. The van der Waals surface area contributed by atoms with Crippen LogP contribution in [0.25, 0.3) is 0 Å². The topological polar surface area (TPSA) is 237 Å². The standard InChI is InChI=1S/C73H130O17P2/c1-5-9-13-17-21-25-29-31-33-35-39-41-45-49-53-57-70(75)83-63-68(89-72(77)59-55-51-47-43-37-27-23-19-15-11-7-3)65-87-91(79,80)85-61-67(74)62-86-92(81,82)88-66-69(90-73(78)60-56-52-48-44-38-28-24-20-16-12-8-4)64-84-71(76)58-54-50-46-42-40-36-34-32-30-26-22-18-14-10-6-2/h9,13,20-21,24-25,31-34,39,41,67-69,74H,5-8,10-12,14-19,22-23,26-30,35-38,40,42-66H2,1-4H3,(H,79,80)(H,81,82)/b13-9-,24-20-,25-21-,33-31-,34-32-,41-39-. The predicted molar refractivity (Wildman–Crippen MR) is 372 cm³/mol. The molecule has 0 aromatic rings. The van der Waals surface area contributed by atoms with E-state index in [4.69, 9.17) is 37.0 Å². The van der Waals surface area contributed by atoms with Gasteiger partial charge in [0.15, 0.2) is 12.2 Å². The van der Waals surface area contributed by atoms with Crippen LogP contribution in [0.5, 0.6) is 0 Å².